The fourth-order valence-corrected chi connectivity index (χ4v) is 2.65. The van der Waals surface area contributed by atoms with E-state index in [1.165, 1.54) is 25.5 Å². The average molecular weight is 289 g/mol. The van der Waals surface area contributed by atoms with Gasteiger partial charge in [0.05, 0.1) is 12.4 Å². The predicted molar refractivity (Wildman–Crippen MR) is 73.7 cm³/mol. The lowest BCUT2D eigenvalue weighted by molar-refractivity contribution is 0.385. The second-order valence-electron chi connectivity index (χ2n) is 4.46. The highest BCUT2D eigenvalue weighted by Gasteiger charge is 2.27. The summed E-state index contributed by atoms with van der Waals surface area (Å²) in [5, 5.41) is 2.44. The highest BCUT2D eigenvalue weighted by atomic mass is 32.2. The summed E-state index contributed by atoms with van der Waals surface area (Å²) >= 11 is 0. The van der Waals surface area contributed by atoms with Gasteiger partial charge in [-0.15, -0.1) is 0 Å². The molecule has 0 aromatic heterocycles. The summed E-state index contributed by atoms with van der Waals surface area (Å²) in [6.45, 7) is 4.09. The van der Waals surface area contributed by atoms with E-state index in [1.54, 1.807) is 13.0 Å². The predicted octanol–water partition coefficient (Wildman–Crippen LogP) is 1.92. The Labute approximate surface area is 113 Å². The first kappa shape index (κ1) is 15.9. The molecule has 0 saturated carbocycles. The van der Waals surface area contributed by atoms with E-state index in [2.05, 4.69) is 5.32 Å². The third-order valence-corrected chi connectivity index (χ3v) is 4.73. The molecule has 0 bridgehead atoms. The van der Waals surface area contributed by atoms with E-state index in [1.807, 2.05) is 6.92 Å². The summed E-state index contributed by atoms with van der Waals surface area (Å²) in [6, 6.07) is 4.05. The summed E-state index contributed by atoms with van der Waals surface area (Å²) < 4.78 is 41.9. The van der Waals surface area contributed by atoms with Crippen LogP contribution in [0.3, 0.4) is 0 Å². The van der Waals surface area contributed by atoms with E-state index < -0.39 is 26.9 Å². The Hall–Kier alpha value is -1.14. The number of methoxy groups -OCH3 is 1. The highest BCUT2D eigenvalue weighted by Crippen LogP contribution is 2.26. The van der Waals surface area contributed by atoms with Crippen LogP contribution in [-0.4, -0.2) is 33.6 Å². The Kier molecular flexibility index (Phi) is 5.31. The zero-order valence-electron chi connectivity index (χ0n) is 11.6. The smallest absolute Gasteiger partial charge is 0.165 e. The molecule has 1 aromatic carbocycles. The van der Waals surface area contributed by atoms with Crippen molar-refractivity contribution < 1.29 is 17.5 Å². The molecule has 1 aromatic rings. The number of sulfone groups is 1. The average Bonchev–Trinajstić information content (AvgIpc) is 2.34. The number of nitrogens with one attached hydrogen (secondary N) is 1. The maximum atomic E-state index is 13.7. The molecule has 0 heterocycles. The van der Waals surface area contributed by atoms with Crippen molar-refractivity contribution in [2.75, 3.05) is 19.9 Å². The number of benzene rings is 1. The van der Waals surface area contributed by atoms with E-state index in [9.17, 15) is 12.8 Å². The van der Waals surface area contributed by atoms with Gasteiger partial charge in [-0.3, -0.25) is 0 Å². The first-order chi connectivity index (χ1) is 8.81. The van der Waals surface area contributed by atoms with Crippen molar-refractivity contribution in [3.05, 3.63) is 29.6 Å². The number of rotatable bonds is 6. The van der Waals surface area contributed by atoms with Crippen LogP contribution in [0.25, 0.3) is 0 Å². The number of hydrogen-bond acceptors (Lipinski definition) is 4. The molecule has 2 unspecified atom stereocenters. The molecular formula is C13H20FNO3S. The lowest BCUT2D eigenvalue weighted by atomic mass is 10.0. The molecule has 0 saturated heterocycles. The van der Waals surface area contributed by atoms with Crippen LogP contribution in [-0.2, 0) is 9.84 Å². The van der Waals surface area contributed by atoms with E-state index in [4.69, 9.17) is 4.74 Å². The monoisotopic (exact) mass is 289 g/mol. The third-order valence-electron chi connectivity index (χ3n) is 3.10. The lowest BCUT2D eigenvalue weighted by Crippen LogP contribution is -2.35. The normalized spacial score (nSPS) is 15.0. The summed E-state index contributed by atoms with van der Waals surface area (Å²) in [7, 11) is -1.83. The van der Waals surface area contributed by atoms with Crippen LogP contribution in [0.5, 0.6) is 5.75 Å². The largest absolute Gasteiger partial charge is 0.494 e. The van der Waals surface area contributed by atoms with Crippen LogP contribution in [0.15, 0.2) is 18.2 Å². The SMILES string of the molecule is CCNC(c1ccc(OC)c(F)c1)C(C)S(C)(=O)=O. The van der Waals surface area contributed by atoms with Gasteiger partial charge in [-0.05, 0) is 31.2 Å². The molecule has 0 radical (unpaired) electrons. The van der Waals surface area contributed by atoms with Gasteiger partial charge in [0.2, 0.25) is 0 Å². The molecule has 19 heavy (non-hydrogen) atoms. The van der Waals surface area contributed by atoms with Crippen molar-refractivity contribution >= 4 is 9.84 Å². The van der Waals surface area contributed by atoms with Crippen LogP contribution in [0.1, 0.15) is 25.5 Å². The van der Waals surface area contributed by atoms with E-state index in [0.29, 0.717) is 12.1 Å². The van der Waals surface area contributed by atoms with Gasteiger partial charge >= 0.3 is 0 Å². The number of halogens is 1. The van der Waals surface area contributed by atoms with Crippen molar-refractivity contribution in [2.24, 2.45) is 0 Å². The Bertz CT molecular complexity index is 531. The summed E-state index contributed by atoms with van der Waals surface area (Å²) in [5.41, 5.74) is 0.595. The van der Waals surface area contributed by atoms with Gasteiger partial charge in [-0.2, -0.15) is 0 Å². The molecule has 4 nitrogen and oxygen atoms in total. The van der Waals surface area contributed by atoms with Crippen LogP contribution in [0.2, 0.25) is 0 Å². The highest BCUT2D eigenvalue weighted by molar-refractivity contribution is 7.91. The molecule has 1 rings (SSSR count). The van der Waals surface area contributed by atoms with Crippen molar-refractivity contribution in [2.45, 2.75) is 25.1 Å². The fraction of sp³-hybridized carbons (Fsp3) is 0.538. The zero-order valence-corrected chi connectivity index (χ0v) is 12.4. The van der Waals surface area contributed by atoms with Gasteiger partial charge in [-0.1, -0.05) is 13.0 Å². The molecule has 0 aliphatic heterocycles. The van der Waals surface area contributed by atoms with Crippen molar-refractivity contribution in [1.29, 1.82) is 0 Å². The summed E-state index contributed by atoms with van der Waals surface area (Å²) in [5.74, 6) is -0.352. The van der Waals surface area contributed by atoms with Crippen LogP contribution in [0.4, 0.5) is 4.39 Å². The van der Waals surface area contributed by atoms with E-state index in [-0.39, 0.29) is 5.75 Å². The molecule has 2 atom stereocenters. The van der Waals surface area contributed by atoms with Crippen molar-refractivity contribution in [1.82, 2.24) is 5.32 Å². The minimum absolute atomic E-state index is 0.144. The Balaban J connectivity index is 3.16. The maximum absolute atomic E-state index is 13.7. The minimum Gasteiger partial charge on any atom is -0.494 e. The zero-order chi connectivity index (χ0) is 14.6. The summed E-state index contributed by atoms with van der Waals surface area (Å²) in [4.78, 5) is 0. The van der Waals surface area contributed by atoms with Crippen molar-refractivity contribution in [3.63, 3.8) is 0 Å². The van der Waals surface area contributed by atoms with E-state index >= 15 is 0 Å². The van der Waals surface area contributed by atoms with E-state index in [0.717, 1.165) is 0 Å². The molecule has 0 aliphatic rings. The Morgan fingerprint density at radius 2 is 2.05 bits per heavy atom. The number of ether oxygens (including phenoxy) is 1. The van der Waals surface area contributed by atoms with Crippen LogP contribution < -0.4 is 10.1 Å². The molecule has 6 heteroatoms. The molecule has 1 N–H and O–H groups in total. The van der Waals surface area contributed by atoms with Crippen molar-refractivity contribution in [3.8, 4) is 5.75 Å². The molecule has 108 valence electrons. The van der Waals surface area contributed by atoms with Gasteiger partial charge in [-0.25, -0.2) is 12.8 Å². The standard InChI is InChI=1S/C13H20FNO3S/c1-5-15-13(9(2)19(4,16)17)10-6-7-12(18-3)11(14)8-10/h6-9,13,15H,5H2,1-4H3. The van der Waals surface area contributed by atoms with Gasteiger partial charge in [0.25, 0.3) is 0 Å². The molecule has 0 spiro atoms. The Morgan fingerprint density at radius 1 is 1.42 bits per heavy atom. The van der Waals surface area contributed by atoms with Gasteiger partial charge < -0.3 is 10.1 Å². The second kappa shape index (κ2) is 6.34. The minimum atomic E-state index is -3.22. The third kappa shape index (κ3) is 3.91. The maximum Gasteiger partial charge on any atom is 0.165 e. The van der Waals surface area contributed by atoms with Crippen LogP contribution >= 0.6 is 0 Å². The first-order valence-electron chi connectivity index (χ1n) is 6.07. The van der Waals surface area contributed by atoms with Crippen LogP contribution in [0, 0.1) is 5.82 Å². The Morgan fingerprint density at radius 3 is 2.47 bits per heavy atom. The molecule has 0 amide bonds. The summed E-state index contributed by atoms with van der Waals surface area (Å²) in [6.07, 6.45) is 1.18. The molecule has 0 aliphatic carbocycles. The fourth-order valence-electron chi connectivity index (χ4n) is 1.90. The topological polar surface area (TPSA) is 55.4 Å². The quantitative estimate of drug-likeness (QED) is 0.869. The molecular weight excluding hydrogens is 269 g/mol. The lowest BCUT2D eigenvalue weighted by Gasteiger charge is -2.24. The molecule has 0 fully saturated rings. The van der Waals surface area contributed by atoms with Gasteiger partial charge in [0.1, 0.15) is 0 Å². The first-order valence-corrected chi connectivity index (χ1v) is 8.02. The number of hydrogen-bond donors (Lipinski definition) is 1. The van der Waals surface area contributed by atoms with Gasteiger partial charge in [0, 0.05) is 12.3 Å². The van der Waals surface area contributed by atoms with Gasteiger partial charge in [0.15, 0.2) is 21.4 Å². The second-order valence-corrected chi connectivity index (χ2v) is 6.87.